The van der Waals surface area contributed by atoms with Gasteiger partial charge in [0.1, 0.15) is 0 Å². The summed E-state index contributed by atoms with van der Waals surface area (Å²) in [6.45, 7) is 1.84. The zero-order valence-electron chi connectivity index (χ0n) is 6.58. The molecule has 0 radical (unpaired) electrons. The SMILES string of the molecule is N[I-]C(O)N1CCC(S)(I)CC1. The van der Waals surface area contributed by atoms with Crippen LogP contribution >= 0.6 is 35.2 Å². The Balaban J connectivity index is 2.36. The van der Waals surface area contributed by atoms with Gasteiger partial charge < -0.3 is 0 Å². The molecule has 3 nitrogen and oxygen atoms in total. The monoisotopic (exact) mass is 415 g/mol. The van der Waals surface area contributed by atoms with Crippen LogP contribution in [0.3, 0.4) is 0 Å². The molecule has 1 atom stereocenters. The van der Waals surface area contributed by atoms with Crippen molar-refractivity contribution in [1.29, 1.82) is 0 Å². The molecule has 0 saturated carbocycles. The Bertz CT molecular complexity index is 148. The Hall–Kier alpha value is 1.69. The zero-order valence-corrected chi connectivity index (χ0v) is 11.8. The van der Waals surface area contributed by atoms with E-state index in [0.29, 0.717) is 0 Å². The number of piperidine rings is 1. The fourth-order valence-electron chi connectivity index (χ4n) is 1.16. The van der Waals surface area contributed by atoms with Gasteiger partial charge in [0.2, 0.25) is 0 Å². The number of alkyl halides is 2. The maximum absolute atomic E-state index is 9.48. The van der Waals surface area contributed by atoms with Crippen molar-refractivity contribution in [2.75, 3.05) is 13.1 Å². The number of halogens is 2. The van der Waals surface area contributed by atoms with Gasteiger partial charge in [0.25, 0.3) is 0 Å². The molecule has 1 aliphatic rings. The second-order valence-corrected chi connectivity index (χ2v) is 8.50. The maximum atomic E-state index is 9.48. The number of likely N-dealkylation sites (tertiary alicyclic amines) is 1. The van der Waals surface area contributed by atoms with E-state index in [1.807, 2.05) is 0 Å². The second kappa shape index (κ2) is 4.96. The normalized spacial score (nSPS) is 27.3. The minimum absolute atomic E-state index is 0.126. The van der Waals surface area contributed by atoms with Gasteiger partial charge in [-0.3, -0.25) is 0 Å². The molecule has 12 heavy (non-hydrogen) atoms. The van der Waals surface area contributed by atoms with E-state index >= 15 is 0 Å². The first-order valence-electron chi connectivity index (χ1n) is 3.70. The molecule has 1 unspecified atom stereocenters. The van der Waals surface area contributed by atoms with Crippen LogP contribution in [0.2, 0.25) is 0 Å². The van der Waals surface area contributed by atoms with Gasteiger partial charge in [0.15, 0.2) is 0 Å². The van der Waals surface area contributed by atoms with Crippen LogP contribution in [-0.2, 0) is 0 Å². The van der Waals surface area contributed by atoms with E-state index < -0.39 is 21.5 Å². The molecule has 0 aromatic heterocycles. The van der Waals surface area contributed by atoms with E-state index in [-0.39, 0.29) is 6.99 Å². The average molecular weight is 415 g/mol. The van der Waals surface area contributed by atoms with E-state index in [0.717, 1.165) is 25.9 Å². The van der Waals surface area contributed by atoms with Crippen molar-refractivity contribution >= 4 is 35.2 Å². The molecule has 1 rings (SSSR count). The molecule has 1 saturated heterocycles. The number of aliphatic hydroxyl groups excluding tert-OH is 1. The fourth-order valence-corrected chi connectivity index (χ4v) is 2.85. The first kappa shape index (κ1) is 11.8. The molecule has 1 heterocycles. The van der Waals surface area contributed by atoms with Crippen LogP contribution in [0.4, 0.5) is 0 Å². The van der Waals surface area contributed by atoms with Gasteiger partial charge in [-0.25, -0.2) is 0 Å². The van der Waals surface area contributed by atoms with E-state index in [2.05, 4.69) is 40.1 Å². The predicted molar refractivity (Wildman–Crippen MR) is 56.7 cm³/mol. The number of rotatable bonds is 2. The van der Waals surface area contributed by atoms with Gasteiger partial charge in [-0.2, -0.15) is 0 Å². The Morgan fingerprint density at radius 2 is 2.08 bits per heavy atom. The van der Waals surface area contributed by atoms with Crippen LogP contribution in [0.5, 0.6) is 0 Å². The molecule has 0 amide bonds. The van der Waals surface area contributed by atoms with Crippen LogP contribution in [0.25, 0.3) is 0 Å². The van der Waals surface area contributed by atoms with E-state index in [1.165, 1.54) is 0 Å². The number of hydrogen-bond acceptors (Lipinski definition) is 4. The fraction of sp³-hybridized carbons (Fsp3) is 1.00. The van der Waals surface area contributed by atoms with Gasteiger partial charge in [-0.05, 0) is 0 Å². The van der Waals surface area contributed by atoms with Crippen LogP contribution < -0.4 is 25.4 Å². The summed E-state index contributed by atoms with van der Waals surface area (Å²) in [6, 6.07) is 0. The number of nitrogens with two attached hydrogens (primary N) is 1. The first-order chi connectivity index (χ1) is 5.55. The summed E-state index contributed by atoms with van der Waals surface area (Å²) in [4.78, 5) is 2.06. The van der Waals surface area contributed by atoms with Crippen molar-refractivity contribution in [2.45, 2.75) is 19.8 Å². The van der Waals surface area contributed by atoms with Crippen molar-refractivity contribution < 1.29 is 26.6 Å². The number of thiol groups is 1. The van der Waals surface area contributed by atoms with Crippen molar-refractivity contribution in [3.8, 4) is 0 Å². The molecular weight excluding hydrogens is 402 g/mol. The molecule has 3 N–H and O–H groups in total. The summed E-state index contributed by atoms with van der Waals surface area (Å²) in [5.41, 5.74) is 0. The van der Waals surface area contributed by atoms with Gasteiger partial charge in [0, 0.05) is 0 Å². The molecule has 1 fully saturated rings. The van der Waals surface area contributed by atoms with Crippen LogP contribution in [-0.4, -0.2) is 30.1 Å². The van der Waals surface area contributed by atoms with E-state index in [9.17, 15) is 5.11 Å². The predicted octanol–water partition coefficient (Wildman–Crippen LogP) is -2.62. The van der Waals surface area contributed by atoms with Crippen LogP contribution in [0.1, 0.15) is 12.8 Å². The zero-order chi connectivity index (χ0) is 9.19. The van der Waals surface area contributed by atoms with Gasteiger partial charge in [-0.1, -0.05) is 0 Å². The molecule has 0 spiro atoms. The second-order valence-electron chi connectivity index (χ2n) is 2.89. The van der Waals surface area contributed by atoms with Crippen molar-refractivity contribution in [1.82, 2.24) is 4.90 Å². The third-order valence-corrected chi connectivity index (χ3v) is 4.94. The summed E-state index contributed by atoms with van der Waals surface area (Å²) in [6.07, 6.45) is 2.05. The summed E-state index contributed by atoms with van der Waals surface area (Å²) < 4.78 is 5.24. The molecule has 1 aliphatic heterocycles. The topological polar surface area (TPSA) is 49.5 Å². The molecule has 74 valence electrons. The number of aliphatic hydroxyl groups is 1. The molecule has 0 bridgehead atoms. The summed E-state index contributed by atoms with van der Waals surface area (Å²) in [5.74, 6) is 0. The Labute approximate surface area is 103 Å². The Morgan fingerprint density at radius 1 is 1.58 bits per heavy atom. The van der Waals surface area contributed by atoms with Gasteiger partial charge in [-0.15, -0.1) is 0 Å². The van der Waals surface area contributed by atoms with E-state index in [4.69, 9.17) is 3.95 Å². The van der Waals surface area contributed by atoms with Crippen molar-refractivity contribution in [3.63, 3.8) is 0 Å². The Kier molecular flexibility index (Phi) is 4.87. The quantitative estimate of drug-likeness (QED) is 0.152. The molecule has 0 aromatic rings. The van der Waals surface area contributed by atoms with Crippen LogP contribution in [0, 0.1) is 0 Å². The van der Waals surface area contributed by atoms with Crippen molar-refractivity contribution in [3.05, 3.63) is 0 Å². The third kappa shape index (κ3) is 3.45. The summed E-state index contributed by atoms with van der Waals surface area (Å²) in [5, 5.41) is 9.48. The first-order valence-corrected chi connectivity index (χ1v) is 7.72. The third-order valence-electron chi connectivity index (χ3n) is 1.98. The minimum atomic E-state index is -0.558. The van der Waals surface area contributed by atoms with Crippen molar-refractivity contribution in [2.24, 2.45) is 3.95 Å². The molecule has 0 aromatic carbocycles. The molecular formula is C6H13I2N2OS-. The van der Waals surface area contributed by atoms with E-state index in [1.54, 1.807) is 0 Å². The standard InChI is InChI=1S/C6H13I2N2OS/c7-6(12)1-3-10(4-2-6)5(11)8-9/h5,11-12H,1-4,9H2/q-1. The summed E-state index contributed by atoms with van der Waals surface area (Å²) >= 11 is 6.32. The molecule has 6 heteroatoms. The van der Waals surface area contributed by atoms with Crippen LogP contribution in [0.15, 0.2) is 0 Å². The van der Waals surface area contributed by atoms with Gasteiger partial charge >= 0.3 is 104 Å². The number of nitrogens with zero attached hydrogens (tertiary/aromatic N) is 1. The Morgan fingerprint density at radius 3 is 2.50 bits per heavy atom. The number of hydrogen-bond donors (Lipinski definition) is 3. The molecule has 0 aliphatic carbocycles. The summed E-state index contributed by atoms with van der Waals surface area (Å²) in [7, 11) is 0. The average Bonchev–Trinajstić information content (AvgIpc) is 2.03. The van der Waals surface area contributed by atoms with Gasteiger partial charge in [0.05, 0.1) is 0 Å².